The number of hydrogen-bond acceptors (Lipinski definition) is 6. The van der Waals surface area contributed by atoms with Crippen LogP contribution in [0.25, 0.3) is 140 Å². The first kappa shape index (κ1) is 76.5. The van der Waals surface area contributed by atoms with Gasteiger partial charge in [0.15, 0.2) is 0 Å². The summed E-state index contributed by atoms with van der Waals surface area (Å²) in [6.45, 7) is 0. The van der Waals surface area contributed by atoms with E-state index in [4.69, 9.17) is 0 Å². The minimum Gasteiger partial charge on any atom is -0.310 e. The van der Waals surface area contributed by atoms with Gasteiger partial charge in [-0.15, -0.1) is 22.7 Å². The van der Waals surface area contributed by atoms with Crippen LogP contribution in [0.5, 0.6) is 0 Å². The summed E-state index contributed by atoms with van der Waals surface area (Å²) in [4.78, 5) is 9.53. The second kappa shape index (κ2) is 33.4. The molecule has 20 aromatic carbocycles. The molecule has 8 heteroatoms. The Hall–Kier alpha value is -16.4. The van der Waals surface area contributed by atoms with Gasteiger partial charge in [0, 0.05) is 142 Å². The molecule has 6 nitrogen and oxygen atoms in total. The van der Waals surface area contributed by atoms with Crippen molar-refractivity contribution in [1.82, 2.24) is 9.13 Å². The molecule has 0 aliphatic rings. The molecule has 4 heterocycles. The highest BCUT2D eigenvalue weighted by atomic mass is 32.1. The maximum atomic E-state index is 2.42. The highest BCUT2D eigenvalue weighted by molar-refractivity contribution is 7.26. The van der Waals surface area contributed by atoms with Gasteiger partial charge in [-0.3, -0.25) is 0 Å². The molecule has 0 unspecified atom stereocenters. The fraction of sp³-hybridized carbons (Fsp3) is 0. The molecule has 0 spiro atoms. The minimum absolute atomic E-state index is 1.05. The third-order valence-corrected chi connectivity index (χ3v) is 27.0. The first-order valence-corrected chi connectivity index (χ1v) is 45.1. The van der Waals surface area contributed by atoms with Crippen molar-refractivity contribution in [2.24, 2.45) is 0 Å². The van der Waals surface area contributed by atoms with E-state index in [1.807, 2.05) is 22.7 Å². The van der Waals surface area contributed by atoms with E-state index in [1.54, 1.807) is 0 Å². The number of hydrogen-bond donors (Lipinski definition) is 0. The molecular formula is C120H82N6S2. The van der Waals surface area contributed by atoms with Crippen molar-refractivity contribution in [2.45, 2.75) is 0 Å². The smallest absolute Gasteiger partial charge is 0.0547 e. The molecule has 128 heavy (non-hydrogen) atoms. The van der Waals surface area contributed by atoms with E-state index >= 15 is 0 Å². The van der Waals surface area contributed by atoms with E-state index < -0.39 is 0 Å². The van der Waals surface area contributed by atoms with Crippen LogP contribution in [0.1, 0.15) is 0 Å². The second-order valence-electron chi connectivity index (χ2n) is 32.4. The highest BCUT2D eigenvalue weighted by Crippen LogP contribution is 2.50. The lowest BCUT2D eigenvalue weighted by Crippen LogP contribution is -2.13. The van der Waals surface area contributed by atoms with Crippen molar-refractivity contribution in [2.75, 3.05) is 19.6 Å². The molecule has 0 radical (unpaired) electrons. The van der Waals surface area contributed by atoms with E-state index in [0.717, 1.165) is 90.8 Å². The largest absolute Gasteiger partial charge is 0.310 e. The van der Waals surface area contributed by atoms with E-state index in [1.165, 1.54) is 117 Å². The SMILES string of the molecule is c1ccc(-c2ccc(N(c3cccc(N(c4ccccc4)c4ccccc4)c3)c3ccc4sc5ccc(-c6ccc7c8ccccc8n(-c8ccccc8)c7c6)cc5c4c3)cc2)cc1.c1ccc(-c2ccc(N(c3ccccc3)c3cc(-c4ccc5c6ccccc6n(-c6ccccc6)c5c4)cc(N(c4ccccc4)c4ccc5sc6ccccc6c5c4)c3)cc2)cc1. The van der Waals surface area contributed by atoms with Crippen molar-refractivity contribution < 1.29 is 0 Å². The third kappa shape index (κ3) is 14.4. The molecule has 0 aliphatic heterocycles. The number of para-hydroxylation sites is 8. The van der Waals surface area contributed by atoms with Crippen LogP contribution in [0.3, 0.4) is 0 Å². The lowest BCUT2D eigenvalue weighted by atomic mass is 10.00. The zero-order chi connectivity index (χ0) is 84.8. The van der Waals surface area contributed by atoms with Crippen molar-refractivity contribution in [1.29, 1.82) is 0 Å². The Morgan fingerprint density at radius 1 is 0.133 bits per heavy atom. The van der Waals surface area contributed by atoms with Gasteiger partial charge in [0.25, 0.3) is 0 Å². The van der Waals surface area contributed by atoms with E-state index in [2.05, 4.69) is 526 Å². The standard InChI is InChI=1S/2C60H41N3S/c1-5-17-42(18-6-1)43-29-32-49(33-30-43)61(46-19-7-2-8-20-46)51-37-45(44-31-35-54-53-25-13-15-27-57(53)63(58(54)39-44)48-23-11-4-12-24-48)38-52(40-51)62(47-21-9-3-10-22-47)50-34-36-60-56(41-50)55-26-14-16-28-59(55)64-60;1-5-16-42(17-6-1)43-28-32-49(33-29-43)62(51-25-15-24-50(40-51)61(46-18-7-2-8-19-46)47-20-9-3-10-21-47)52-34-37-60-56(41-52)55-38-44(31-36-59(55)64-60)45-30-35-54-53-26-13-14-27-57(53)63(58(54)39-45)48-22-11-4-12-23-48/h2*1-41H. The van der Waals surface area contributed by atoms with Crippen molar-refractivity contribution >= 4 is 175 Å². The van der Waals surface area contributed by atoms with Gasteiger partial charge in [-0.1, -0.05) is 285 Å². The lowest BCUT2D eigenvalue weighted by molar-refractivity contribution is 1.18. The molecule has 0 aliphatic carbocycles. The van der Waals surface area contributed by atoms with Crippen LogP contribution < -0.4 is 19.6 Å². The van der Waals surface area contributed by atoms with Gasteiger partial charge in [-0.25, -0.2) is 0 Å². The Kier molecular flexibility index (Phi) is 19.9. The van der Waals surface area contributed by atoms with Gasteiger partial charge in [0.05, 0.1) is 22.1 Å². The average Bonchev–Trinajstić information content (AvgIpc) is 1.59. The Labute approximate surface area is 751 Å². The van der Waals surface area contributed by atoms with E-state index in [0.29, 0.717) is 0 Å². The Morgan fingerprint density at radius 3 is 0.852 bits per heavy atom. The fourth-order valence-corrected chi connectivity index (χ4v) is 20.9. The molecule has 0 saturated carbocycles. The molecule has 0 saturated heterocycles. The number of thiophene rings is 2. The normalized spacial score (nSPS) is 11.4. The van der Waals surface area contributed by atoms with Crippen LogP contribution in [-0.2, 0) is 0 Å². The molecule has 24 rings (SSSR count). The van der Waals surface area contributed by atoms with Crippen molar-refractivity contribution in [3.63, 3.8) is 0 Å². The summed E-state index contributed by atoms with van der Waals surface area (Å²) >= 11 is 3.70. The van der Waals surface area contributed by atoms with Gasteiger partial charge in [0.1, 0.15) is 0 Å². The van der Waals surface area contributed by atoms with Gasteiger partial charge < -0.3 is 28.7 Å². The molecule has 24 aromatic rings. The average molecular weight is 1670 g/mol. The molecular weight excluding hydrogens is 1590 g/mol. The molecule has 604 valence electrons. The van der Waals surface area contributed by atoms with Crippen LogP contribution in [-0.4, -0.2) is 9.13 Å². The zero-order valence-corrected chi connectivity index (χ0v) is 71.5. The molecule has 0 fully saturated rings. The molecule has 0 atom stereocenters. The highest BCUT2D eigenvalue weighted by Gasteiger charge is 2.25. The van der Waals surface area contributed by atoms with Crippen LogP contribution in [0.4, 0.5) is 68.2 Å². The summed E-state index contributed by atoms with van der Waals surface area (Å²) in [5, 5.41) is 10.0. The molecule has 0 N–H and O–H groups in total. The first-order valence-electron chi connectivity index (χ1n) is 43.5. The van der Waals surface area contributed by atoms with Gasteiger partial charge >= 0.3 is 0 Å². The van der Waals surface area contributed by atoms with E-state index in [-0.39, 0.29) is 0 Å². The molecule has 0 bridgehead atoms. The summed E-state index contributed by atoms with van der Waals surface area (Å²) in [5.74, 6) is 0. The monoisotopic (exact) mass is 1670 g/mol. The number of benzene rings is 20. The van der Waals surface area contributed by atoms with Crippen molar-refractivity contribution in [3.8, 4) is 55.9 Å². The summed E-state index contributed by atoms with van der Waals surface area (Å²) < 4.78 is 9.92. The summed E-state index contributed by atoms with van der Waals surface area (Å²) in [7, 11) is 0. The number of fused-ring (bicyclic) bond motifs is 12. The first-order chi connectivity index (χ1) is 63.5. The fourth-order valence-electron chi connectivity index (χ4n) is 18.7. The molecule has 4 aromatic heterocycles. The summed E-state index contributed by atoms with van der Waals surface area (Å²) in [6.07, 6.45) is 0. The number of anilines is 12. The Morgan fingerprint density at radius 2 is 0.398 bits per heavy atom. The predicted octanol–water partition coefficient (Wildman–Crippen LogP) is 34.9. The predicted molar refractivity (Wildman–Crippen MR) is 548 cm³/mol. The van der Waals surface area contributed by atoms with Crippen LogP contribution in [0, 0.1) is 0 Å². The topological polar surface area (TPSA) is 22.8 Å². The van der Waals surface area contributed by atoms with Crippen LogP contribution in [0.15, 0.2) is 497 Å². The van der Waals surface area contributed by atoms with Gasteiger partial charge in [-0.2, -0.15) is 0 Å². The van der Waals surface area contributed by atoms with Crippen LogP contribution in [0.2, 0.25) is 0 Å². The number of aromatic nitrogens is 2. The van der Waals surface area contributed by atoms with Gasteiger partial charge in [-0.05, 0) is 257 Å². The number of rotatable bonds is 18. The minimum atomic E-state index is 1.05. The second-order valence-corrected chi connectivity index (χ2v) is 34.5. The summed E-state index contributed by atoms with van der Waals surface area (Å²) in [6, 6.07) is 180. The lowest BCUT2D eigenvalue weighted by Gasteiger charge is -2.30. The maximum Gasteiger partial charge on any atom is 0.0547 e. The zero-order valence-electron chi connectivity index (χ0n) is 69.8. The maximum absolute atomic E-state index is 2.42. The quantitative estimate of drug-likeness (QED) is 0.0854. The Balaban J connectivity index is 0.000000146. The third-order valence-electron chi connectivity index (χ3n) is 24.7. The van der Waals surface area contributed by atoms with Crippen molar-refractivity contribution in [3.05, 3.63) is 497 Å². The van der Waals surface area contributed by atoms with Crippen LogP contribution >= 0.6 is 22.7 Å². The number of nitrogens with zero attached hydrogens (tertiary/aromatic N) is 6. The Bertz CT molecular complexity index is 8120. The van der Waals surface area contributed by atoms with E-state index in [9.17, 15) is 0 Å². The van der Waals surface area contributed by atoms with Gasteiger partial charge in [0.2, 0.25) is 0 Å². The molecule has 0 amide bonds. The summed E-state index contributed by atoms with van der Waals surface area (Å²) in [5.41, 5.74) is 29.5.